The van der Waals surface area contributed by atoms with Crippen LogP contribution in [-0.2, 0) is 0 Å². The van der Waals surface area contributed by atoms with Crippen molar-refractivity contribution in [2.45, 2.75) is 13.0 Å². The lowest BCUT2D eigenvalue weighted by Gasteiger charge is -1.97. The molecule has 0 radical (unpaired) electrons. The van der Waals surface area contributed by atoms with Crippen molar-refractivity contribution in [2.75, 3.05) is 6.61 Å². The van der Waals surface area contributed by atoms with Gasteiger partial charge in [-0.25, -0.2) is 0 Å². The van der Waals surface area contributed by atoms with Crippen LogP contribution in [0.3, 0.4) is 0 Å². The fourth-order valence-electron chi connectivity index (χ4n) is 1.52. The van der Waals surface area contributed by atoms with Crippen LogP contribution in [0, 0.1) is 6.92 Å². The van der Waals surface area contributed by atoms with Gasteiger partial charge < -0.3 is 27.7 Å². The molecule has 15 heavy (non-hydrogen) atoms. The van der Waals surface area contributed by atoms with E-state index in [4.69, 9.17) is 9.52 Å². The number of benzene rings is 1. The van der Waals surface area contributed by atoms with Gasteiger partial charge in [0.2, 0.25) is 0 Å². The van der Waals surface area contributed by atoms with Gasteiger partial charge in [0.15, 0.2) is 11.8 Å². The van der Waals surface area contributed by atoms with Gasteiger partial charge in [-0.05, 0) is 24.6 Å². The van der Waals surface area contributed by atoms with Gasteiger partial charge in [0.25, 0.3) is 0 Å². The fraction of sp³-hybridized carbons (Fsp3) is 0.273. The summed E-state index contributed by atoms with van der Waals surface area (Å²) >= 11 is 0. The maximum Gasteiger partial charge on any atom is 0.166 e. The Kier molecular flexibility index (Phi) is 3.74. The number of quaternary nitrogens is 1. The van der Waals surface area contributed by atoms with Crippen LogP contribution in [0.4, 0.5) is 0 Å². The van der Waals surface area contributed by atoms with Gasteiger partial charge in [0, 0.05) is 5.39 Å². The molecule has 2 rings (SSSR count). The smallest absolute Gasteiger partial charge is 0.166 e. The van der Waals surface area contributed by atoms with Gasteiger partial charge in [0.05, 0.1) is 0 Å². The molecule has 4 N–H and O–H groups in total. The first-order valence-corrected chi connectivity index (χ1v) is 4.65. The predicted molar refractivity (Wildman–Crippen MR) is 53.7 cm³/mol. The van der Waals surface area contributed by atoms with Crippen molar-refractivity contribution in [2.24, 2.45) is 0 Å². The quantitative estimate of drug-likeness (QED) is 0.625. The lowest BCUT2D eigenvalue weighted by Crippen LogP contribution is -3.00. The Morgan fingerprint density at radius 3 is 2.80 bits per heavy atom. The van der Waals surface area contributed by atoms with Crippen LogP contribution in [-0.4, -0.2) is 11.7 Å². The highest BCUT2D eigenvalue weighted by atomic mass is 35.5. The van der Waals surface area contributed by atoms with E-state index in [0.29, 0.717) is 0 Å². The van der Waals surface area contributed by atoms with Crippen molar-refractivity contribution in [1.29, 1.82) is 0 Å². The van der Waals surface area contributed by atoms with Gasteiger partial charge >= 0.3 is 0 Å². The van der Waals surface area contributed by atoms with Gasteiger partial charge in [-0.1, -0.05) is 12.1 Å². The number of hydrogen-bond acceptors (Lipinski definition) is 2. The summed E-state index contributed by atoms with van der Waals surface area (Å²) in [5.41, 5.74) is 5.85. The molecule has 4 heteroatoms. The molecule has 1 atom stereocenters. The summed E-state index contributed by atoms with van der Waals surface area (Å²) in [5.74, 6) is 0.747. The number of halogens is 1. The molecule has 1 aromatic heterocycles. The van der Waals surface area contributed by atoms with E-state index in [2.05, 4.69) is 5.73 Å². The van der Waals surface area contributed by atoms with E-state index >= 15 is 0 Å². The average molecular weight is 228 g/mol. The number of rotatable bonds is 2. The molecule has 0 aliphatic carbocycles. The minimum atomic E-state index is -0.179. The van der Waals surface area contributed by atoms with Crippen molar-refractivity contribution < 1.29 is 27.7 Å². The molecule has 82 valence electrons. The van der Waals surface area contributed by atoms with Crippen LogP contribution >= 0.6 is 0 Å². The van der Waals surface area contributed by atoms with E-state index in [1.807, 2.05) is 31.2 Å². The Morgan fingerprint density at radius 2 is 2.20 bits per heavy atom. The third kappa shape index (κ3) is 2.15. The second-order valence-corrected chi connectivity index (χ2v) is 3.51. The first-order chi connectivity index (χ1) is 6.72. The number of hydrogen-bond donors (Lipinski definition) is 2. The first kappa shape index (κ1) is 12.0. The van der Waals surface area contributed by atoms with Gasteiger partial charge in [-0.2, -0.15) is 0 Å². The summed E-state index contributed by atoms with van der Waals surface area (Å²) in [4.78, 5) is 0. The maximum absolute atomic E-state index is 8.96. The van der Waals surface area contributed by atoms with E-state index in [9.17, 15) is 0 Å². The van der Waals surface area contributed by atoms with Crippen LogP contribution in [0.2, 0.25) is 0 Å². The molecule has 3 nitrogen and oxygen atoms in total. The van der Waals surface area contributed by atoms with E-state index in [-0.39, 0.29) is 25.1 Å². The number of furan rings is 1. The van der Waals surface area contributed by atoms with Crippen molar-refractivity contribution >= 4 is 11.0 Å². The summed E-state index contributed by atoms with van der Waals surface area (Å²) in [6.45, 7) is 2.05. The second-order valence-electron chi connectivity index (χ2n) is 3.51. The molecular weight excluding hydrogens is 214 g/mol. The van der Waals surface area contributed by atoms with Crippen LogP contribution in [0.15, 0.2) is 28.7 Å². The van der Waals surface area contributed by atoms with E-state index in [1.54, 1.807) is 0 Å². The molecule has 0 saturated carbocycles. The van der Waals surface area contributed by atoms with Crippen molar-refractivity contribution in [3.05, 3.63) is 35.6 Å². The monoisotopic (exact) mass is 227 g/mol. The molecule has 0 fully saturated rings. The lowest BCUT2D eigenvalue weighted by molar-refractivity contribution is -0.435. The molecule has 0 bridgehead atoms. The summed E-state index contributed by atoms with van der Waals surface area (Å²) in [5, 5.41) is 10.1. The molecule has 0 spiro atoms. The molecule has 0 aliphatic heterocycles. The summed E-state index contributed by atoms with van der Waals surface area (Å²) in [6.07, 6.45) is 0. The predicted octanol–water partition coefficient (Wildman–Crippen LogP) is -1.98. The van der Waals surface area contributed by atoms with Gasteiger partial charge in [0.1, 0.15) is 12.2 Å². The maximum atomic E-state index is 8.96. The Morgan fingerprint density at radius 1 is 1.47 bits per heavy atom. The Balaban J connectivity index is 0.00000112. The molecule has 0 saturated heterocycles. The largest absolute Gasteiger partial charge is 1.00 e. The van der Waals surface area contributed by atoms with E-state index in [1.165, 1.54) is 5.56 Å². The summed E-state index contributed by atoms with van der Waals surface area (Å²) < 4.78 is 5.58. The van der Waals surface area contributed by atoms with Crippen molar-refractivity contribution in [3.63, 3.8) is 0 Å². The van der Waals surface area contributed by atoms with Crippen LogP contribution in [0.1, 0.15) is 17.4 Å². The molecule has 1 heterocycles. The third-order valence-electron chi connectivity index (χ3n) is 2.42. The number of fused-ring (bicyclic) bond motifs is 1. The molecule has 0 aliphatic rings. The van der Waals surface area contributed by atoms with Crippen molar-refractivity contribution in [1.82, 2.24) is 0 Å². The molecule has 1 aromatic carbocycles. The minimum Gasteiger partial charge on any atom is -1.00 e. The zero-order valence-electron chi connectivity index (χ0n) is 8.53. The number of aliphatic hydroxyl groups is 1. The summed E-state index contributed by atoms with van der Waals surface area (Å²) in [6, 6.07) is 7.71. The Bertz CT molecular complexity index is 453. The Labute approximate surface area is 94.3 Å². The van der Waals surface area contributed by atoms with E-state index < -0.39 is 0 Å². The average Bonchev–Trinajstić information content (AvgIpc) is 2.62. The molecule has 0 unspecified atom stereocenters. The lowest BCUT2D eigenvalue weighted by atomic mass is 10.1. The minimum absolute atomic E-state index is 0. The molecule has 0 amide bonds. The van der Waals surface area contributed by atoms with Gasteiger partial charge in [-0.3, -0.25) is 0 Å². The molecular formula is C11H14ClNO2. The number of aryl methyl sites for hydroxylation is 1. The van der Waals surface area contributed by atoms with Crippen LogP contribution in [0.5, 0.6) is 0 Å². The normalized spacial score (nSPS) is 12.5. The highest BCUT2D eigenvalue weighted by Gasteiger charge is 2.14. The highest BCUT2D eigenvalue weighted by Crippen LogP contribution is 2.24. The topological polar surface area (TPSA) is 61.0 Å². The summed E-state index contributed by atoms with van der Waals surface area (Å²) in [7, 11) is 0. The van der Waals surface area contributed by atoms with E-state index in [0.717, 1.165) is 16.7 Å². The van der Waals surface area contributed by atoms with Crippen LogP contribution < -0.4 is 18.1 Å². The van der Waals surface area contributed by atoms with Gasteiger partial charge in [-0.15, -0.1) is 0 Å². The van der Waals surface area contributed by atoms with Crippen LogP contribution in [0.25, 0.3) is 11.0 Å². The second kappa shape index (κ2) is 4.66. The molecule has 2 aromatic rings. The van der Waals surface area contributed by atoms with Crippen molar-refractivity contribution in [3.8, 4) is 0 Å². The SMILES string of the molecule is Cc1cccc2oc([C@H]([NH3+])CO)cc12.[Cl-]. The number of aliphatic hydroxyl groups excluding tert-OH is 1. The highest BCUT2D eigenvalue weighted by molar-refractivity contribution is 5.81. The standard InChI is InChI=1S/C11H13NO2.ClH/c1-7-3-2-4-10-8(7)5-11(14-10)9(12)6-13;/h2-5,9,13H,6,12H2,1H3;1H/t9-;/m1./s1. The first-order valence-electron chi connectivity index (χ1n) is 4.65. The fourth-order valence-corrected chi connectivity index (χ4v) is 1.52. The third-order valence-corrected chi connectivity index (χ3v) is 2.42. The zero-order chi connectivity index (χ0) is 10.1. The zero-order valence-corrected chi connectivity index (χ0v) is 9.29. The Hall–Kier alpha value is -1.03.